The van der Waals surface area contributed by atoms with Crippen LogP contribution in [0.2, 0.25) is 0 Å². The highest BCUT2D eigenvalue weighted by Crippen LogP contribution is 2.16. The van der Waals surface area contributed by atoms with E-state index in [1.54, 1.807) is 0 Å². The Kier molecular flexibility index (Phi) is 20.8. The van der Waals surface area contributed by atoms with E-state index >= 15 is 0 Å². The number of esters is 1. The Morgan fingerprint density at radius 3 is 1.57 bits per heavy atom. The molecule has 0 amide bonds. The van der Waals surface area contributed by atoms with Crippen molar-refractivity contribution >= 4 is 5.97 Å². The van der Waals surface area contributed by atoms with Gasteiger partial charge in [-0.25, -0.2) is 0 Å². The van der Waals surface area contributed by atoms with Gasteiger partial charge in [-0.2, -0.15) is 0 Å². The third kappa shape index (κ3) is 21.8. The Hall–Kier alpha value is -0.530. The molecule has 0 bridgehead atoms. The Bertz CT molecular complexity index is 324. The summed E-state index contributed by atoms with van der Waals surface area (Å²) < 4.78 is 5.41. The summed E-state index contributed by atoms with van der Waals surface area (Å²) in [6.45, 7) is 9.60. The molecule has 0 N–H and O–H groups in total. The molecule has 28 heavy (non-hydrogen) atoms. The standard InChI is InChI=1S/C26H52O2/c1-5-6-7-8-9-10-11-12-13-14-15-16-17-18-22-28-26(27)23-25(4)21-19-20-24(2)3/h24-25H,5-23H2,1-4H3/t25-/m1/s1. The molecule has 0 spiro atoms. The molecule has 0 saturated carbocycles. The average molecular weight is 397 g/mol. The van der Waals surface area contributed by atoms with Crippen molar-refractivity contribution < 1.29 is 9.53 Å². The number of rotatable bonds is 21. The zero-order chi connectivity index (χ0) is 20.9. The van der Waals surface area contributed by atoms with Crippen LogP contribution in [0.1, 0.15) is 143 Å². The third-order valence-corrected chi connectivity index (χ3v) is 5.75. The Morgan fingerprint density at radius 1 is 0.643 bits per heavy atom. The highest BCUT2D eigenvalue weighted by Gasteiger charge is 2.10. The first-order valence-electron chi connectivity index (χ1n) is 12.7. The largest absolute Gasteiger partial charge is 0.466 e. The molecule has 0 rings (SSSR count). The SMILES string of the molecule is CCCCCCCCCCCCCCCCOC(=O)C[C@H](C)CCCC(C)C. The van der Waals surface area contributed by atoms with Crippen LogP contribution in [0.3, 0.4) is 0 Å². The first-order valence-corrected chi connectivity index (χ1v) is 12.7. The lowest BCUT2D eigenvalue weighted by Crippen LogP contribution is -2.10. The topological polar surface area (TPSA) is 26.3 Å². The monoisotopic (exact) mass is 396 g/mol. The van der Waals surface area contributed by atoms with Crippen LogP contribution in [0, 0.1) is 11.8 Å². The molecule has 0 aromatic heterocycles. The minimum absolute atomic E-state index is 0.00624. The summed E-state index contributed by atoms with van der Waals surface area (Å²) in [5.41, 5.74) is 0. The van der Waals surface area contributed by atoms with Crippen molar-refractivity contribution in [2.75, 3.05) is 6.61 Å². The molecule has 0 heterocycles. The number of unbranched alkanes of at least 4 members (excludes halogenated alkanes) is 13. The molecule has 0 aliphatic heterocycles. The van der Waals surface area contributed by atoms with E-state index < -0.39 is 0 Å². The van der Waals surface area contributed by atoms with Crippen LogP contribution < -0.4 is 0 Å². The van der Waals surface area contributed by atoms with Crippen molar-refractivity contribution in [2.24, 2.45) is 11.8 Å². The second kappa shape index (κ2) is 21.2. The lowest BCUT2D eigenvalue weighted by atomic mass is 9.97. The van der Waals surface area contributed by atoms with Gasteiger partial charge in [-0.3, -0.25) is 4.79 Å². The quantitative estimate of drug-likeness (QED) is 0.143. The van der Waals surface area contributed by atoms with Crippen molar-refractivity contribution in [1.82, 2.24) is 0 Å². The maximum atomic E-state index is 11.9. The van der Waals surface area contributed by atoms with E-state index in [1.807, 2.05) is 0 Å². The lowest BCUT2D eigenvalue weighted by molar-refractivity contribution is -0.144. The fourth-order valence-corrected chi connectivity index (χ4v) is 3.80. The molecule has 0 saturated heterocycles. The van der Waals surface area contributed by atoms with Crippen LogP contribution in [0.4, 0.5) is 0 Å². The van der Waals surface area contributed by atoms with Gasteiger partial charge in [0.25, 0.3) is 0 Å². The summed E-state index contributed by atoms with van der Waals surface area (Å²) in [5, 5.41) is 0. The van der Waals surface area contributed by atoms with Gasteiger partial charge in [-0.1, -0.05) is 130 Å². The summed E-state index contributed by atoms with van der Waals surface area (Å²) in [5.74, 6) is 1.23. The van der Waals surface area contributed by atoms with Crippen LogP contribution in [-0.4, -0.2) is 12.6 Å². The number of carbonyl (C=O) groups is 1. The number of carbonyl (C=O) groups excluding carboxylic acids is 1. The first-order chi connectivity index (χ1) is 13.6. The summed E-state index contributed by atoms with van der Waals surface area (Å²) in [6, 6.07) is 0. The van der Waals surface area contributed by atoms with E-state index in [-0.39, 0.29) is 5.97 Å². The van der Waals surface area contributed by atoms with E-state index in [0.29, 0.717) is 18.9 Å². The molecule has 0 aromatic rings. The summed E-state index contributed by atoms with van der Waals surface area (Å²) >= 11 is 0. The summed E-state index contributed by atoms with van der Waals surface area (Å²) in [4.78, 5) is 11.9. The fourth-order valence-electron chi connectivity index (χ4n) is 3.80. The Balaban J connectivity index is 3.25. The van der Waals surface area contributed by atoms with Crippen LogP contribution in [0.5, 0.6) is 0 Å². The summed E-state index contributed by atoms with van der Waals surface area (Å²) in [7, 11) is 0. The van der Waals surface area contributed by atoms with Gasteiger partial charge in [0.15, 0.2) is 0 Å². The van der Waals surface area contributed by atoms with Gasteiger partial charge in [0, 0.05) is 6.42 Å². The van der Waals surface area contributed by atoms with Gasteiger partial charge in [0.1, 0.15) is 0 Å². The second-order valence-corrected chi connectivity index (χ2v) is 9.45. The molecule has 1 atom stereocenters. The molecule has 2 nitrogen and oxygen atoms in total. The van der Waals surface area contributed by atoms with Crippen molar-refractivity contribution in [2.45, 2.75) is 143 Å². The molecule has 168 valence electrons. The van der Waals surface area contributed by atoms with Crippen LogP contribution in [0.25, 0.3) is 0 Å². The first kappa shape index (κ1) is 27.5. The normalized spacial score (nSPS) is 12.5. The Labute approximate surface area is 177 Å². The molecule has 2 heteroatoms. The highest BCUT2D eigenvalue weighted by molar-refractivity contribution is 5.69. The average Bonchev–Trinajstić information content (AvgIpc) is 2.64. The Morgan fingerprint density at radius 2 is 1.11 bits per heavy atom. The van der Waals surface area contributed by atoms with Crippen molar-refractivity contribution in [3.8, 4) is 0 Å². The number of ether oxygens (including phenoxy) is 1. The van der Waals surface area contributed by atoms with Gasteiger partial charge >= 0.3 is 5.97 Å². The van der Waals surface area contributed by atoms with Gasteiger partial charge < -0.3 is 4.74 Å². The molecule has 0 aliphatic rings. The minimum Gasteiger partial charge on any atom is -0.466 e. The zero-order valence-electron chi connectivity index (χ0n) is 19.9. The second-order valence-electron chi connectivity index (χ2n) is 9.45. The summed E-state index contributed by atoms with van der Waals surface area (Å²) in [6.07, 6.45) is 23.2. The third-order valence-electron chi connectivity index (χ3n) is 5.75. The van der Waals surface area contributed by atoms with Gasteiger partial charge in [0.2, 0.25) is 0 Å². The van der Waals surface area contributed by atoms with Gasteiger partial charge in [-0.05, 0) is 18.3 Å². The van der Waals surface area contributed by atoms with Crippen LogP contribution in [-0.2, 0) is 9.53 Å². The molecular weight excluding hydrogens is 344 g/mol. The van der Waals surface area contributed by atoms with E-state index in [1.165, 1.54) is 96.3 Å². The van der Waals surface area contributed by atoms with Crippen molar-refractivity contribution in [1.29, 1.82) is 0 Å². The van der Waals surface area contributed by atoms with Gasteiger partial charge in [-0.15, -0.1) is 0 Å². The van der Waals surface area contributed by atoms with Crippen molar-refractivity contribution in [3.05, 3.63) is 0 Å². The molecule has 0 aliphatic carbocycles. The number of hydrogen-bond acceptors (Lipinski definition) is 2. The highest BCUT2D eigenvalue weighted by atomic mass is 16.5. The van der Waals surface area contributed by atoms with Crippen LogP contribution in [0.15, 0.2) is 0 Å². The minimum atomic E-state index is 0.00624. The molecule has 0 aromatic carbocycles. The number of hydrogen-bond donors (Lipinski definition) is 0. The molecule has 0 unspecified atom stereocenters. The van der Waals surface area contributed by atoms with Crippen molar-refractivity contribution in [3.63, 3.8) is 0 Å². The smallest absolute Gasteiger partial charge is 0.306 e. The maximum absolute atomic E-state index is 11.9. The molecular formula is C26H52O2. The lowest BCUT2D eigenvalue weighted by Gasteiger charge is -2.12. The van der Waals surface area contributed by atoms with Gasteiger partial charge in [0.05, 0.1) is 6.61 Å². The maximum Gasteiger partial charge on any atom is 0.306 e. The fraction of sp³-hybridized carbons (Fsp3) is 0.962. The molecule has 0 radical (unpaired) electrons. The van der Waals surface area contributed by atoms with E-state index in [9.17, 15) is 4.79 Å². The molecule has 0 fully saturated rings. The van der Waals surface area contributed by atoms with Crippen LogP contribution >= 0.6 is 0 Å². The van der Waals surface area contributed by atoms with E-state index in [4.69, 9.17) is 4.74 Å². The van der Waals surface area contributed by atoms with E-state index in [2.05, 4.69) is 27.7 Å². The van der Waals surface area contributed by atoms with E-state index in [0.717, 1.165) is 18.8 Å². The zero-order valence-corrected chi connectivity index (χ0v) is 19.9. The predicted octanol–water partition coefficient (Wildman–Crippen LogP) is 8.86. The predicted molar refractivity (Wildman–Crippen MR) is 124 cm³/mol.